The molecule has 0 radical (unpaired) electrons. The van der Waals surface area contributed by atoms with Crippen LogP contribution in [0.25, 0.3) is 0 Å². The summed E-state index contributed by atoms with van der Waals surface area (Å²) in [5, 5.41) is 3.41. The minimum atomic E-state index is 0.556. The number of hydrogen-bond donors (Lipinski definition) is 2. The maximum absolute atomic E-state index is 5.92. The predicted molar refractivity (Wildman–Crippen MR) is 73.5 cm³/mol. The van der Waals surface area contributed by atoms with Gasteiger partial charge in [-0.15, -0.1) is 0 Å². The summed E-state index contributed by atoms with van der Waals surface area (Å²) in [5.41, 5.74) is 7.93. The van der Waals surface area contributed by atoms with E-state index in [0.717, 1.165) is 30.8 Å². The number of nitrogens with two attached hydrogens (primary N) is 1. The van der Waals surface area contributed by atoms with Crippen molar-refractivity contribution in [2.24, 2.45) is 0 Å². The van der Waals surface area contributed by atoms with Crippen molar-refractivity contribution in [3.8, 4) is 5.75 Å². The lowest BCUT2D eigenvalue weighted by Gasteiger charge is -2.10. The number of anilines is 1. The molecule has 1 rings (SSSR count). The van der Waals surface area contributed by atoms with E-state index in [1.54, 1.807) is 0 Å². The average Bonchev–Trinajstić information content (AvgIpc) is 2.28. The number of nitrogens with one attached hydrogen (secondary N) is 1. The van der Waals surface area contributed by atoms with Gasteiger partial charge in [0.1, 0.15) is 5.75 Å². The topological polar surface area (TPSA) is 47.3 Å². The summed E-state index contributed by atoms with van der Waals surface area (Å²) in [6.07, 6.45) is 2.18. The van der Waals surface area contributed by atoms with E-state index in [2.05, 4.69) is 25.2 Å². The first-order valence-corrected chi connectivity index (χ1v) is 6.38. The summed E-state index contributed by atoms with van der Waals surface area (Å²) < 4.78 is 5.41. The third-order valence-electron chi connectivity index (χ3n) is 2.57. The fourth-order valence-electron chi connectivity index (χ4n) is 1.72. The Balaban J connectivity index is 2.41. The first kappa shape index (κ1) is 13.8. The number of hydrogen-bond acceptors (Lipinski definition) is 3. The maximum atomic E-state index is 5.92. The molecule has 0 aliphatic heterocycles. The van der Waals surface area contributed by atoms with Crippen LogP contribution in [-0.4, -0.2) is 19.2 Å². The highest BCUT2D eigenvalue weighted by molar-refractivity contribution is 5.54. The fourth-order valence-corrected chi connectivity index (χ4v) is 1.72. The van der Waals surface area contributed by atoms with Crippen LogP contribution in [0.1, 0.15) is 32.8 Å². The summed E-state index contributed by atoms with van der Waals surface area (Å²) in [6, 6.07) is 6.63. The van der Waals surface area contributed by atoms with E-state index in [1.807, 2.05) is 19.1 Å². The Morgan fingerprint density at radius 3 is 2.71 bits per heavy atom. The van der Waals surface area contributed by atoms with E-state index < -0.39 is 0 Å². The normalized spacial score (nSPS) is 10.8. The van der Waals surface area contributed by atoms with Crippen LogP contribution in [-0.2, 0) is 6.42 Å². The molecule has 0 heterocycles. The van der Waals surface area contributed by atoms with Gasteiger partial charge in [0.2, 0.25) is 0 Å². The van der Waals surface area contributed by atoms with Gasteiger partial charge >= 0.3 is 0 Å². The summed E-state index contributed by atoms with van der Waals surface area (Å²) in [6.45, 7) is 7.99. The quantitative estimate of drug-likeness (QED) is 0.565. The van der Waals surface area contributed by atoms with Gasteiger partial charge in [0.05, 0.1) is 12.3 Å². The van der Waals surface area contributed by atoms with Crippen LogP contribution in [0.3, 0.4) is 0 Å². The Bertz CT molecular complexity index is 337. The van der Waals surface area contributed by atoms with Crippen molar-refractivity contribution in [1.82, 2.24) is 5.32 Å². The van der Waals surface area contributed by atoms with Gasteiger partial charge in [-0.2, -0.15) is 0 Å². The molecular weight excluding hydrogens is 212 g/mol. The van der Waals surface area contributed by atoms with Crippen molar-refractivity contribution in [2.45, 2.75) is 39.7 Å². The number of rotatable bonds is 7. The molecule has 1 aromatic carbocycles. The van der Waals surface area contributed by atoms with Gasteiger partial charge in [0.25, 0.3) is 0 Å². The molecule has 0 atom stereocenters. The van der Waals surface area contributed by atoms with Crippen molar-refractivity contribution in [3.63, 3.8) is 0 Å². The highest BCUT2D eigenvalue weighted by Gasteiger charge is 2.01. The molecule has 0 amide bonds. The Morgan fingerprint density at radius 2 is 2.12 bits per heavy atom. The van der Waals surface area contributed by atoms with Gasteiger partial charge in [-0.3, -0.25) is 0 Å². The van der Waals surface area contributed by atoms with Gasteiger partial charge in [-0.05, 0) is 44.0 Å². The molecule has 96 valence electrons. The Hall–Kier alpha value is -1.22. The van der Waals surface area contributed by atoms with Gasteiger partial charge < -0.3 is 15.8 Å². The number of aryl methyl sites for hydroxylation is 1. The van der Waals surface area contributed by atoms with E-state index in [1.165, 1.54) is 5.56 Å². The lowest BCUT2D eigenvalue weighted by Crippen LogP contribution is -2.23. The van der Waals surface area contributed by atoms with E-state index in [4.69, 9.17) is 10.5 Å². The lowest BCUT2D eigenvalue weighted by atomic mass is 10.1. The SMILES string of the molecule is CCOc1ccc(CCCNC(C)C)cc1N. The molecule has 0 saturated carbocycles. The van der Waals surface area contributed by atoms with Gasteiger partial charge in [0.15, 0.2) is 0 Å². The van der Waals surface area contributed by atoms with E-state index in [9.17, 15) is 0 Å². The minimum absolute atomic E-state index is 0.556. The number of benzene rings is 1. The van der Waals surface area contributed by atoms with Crippen molar-refractivity contribution in [2.75, 3.05) is 18.9 Å². The van der Waals surface area contributed by atoms with Gasteiger partial charge in [0, 0.05) is 6.04 Å². The van der Waals surface area contributed by atoms with Crippen LogP contribution in [0.4, 0.5) is 5.69 Å². The smallest absolute Gasteiger partial charge is 0.142 e. The third-order valence-corrected chi connectivity index (χ3v) is 2.57. The lowest BCUT2D eigenvalue weighted by molar-refractivity contribution is 0.342. The maximum Gasteiger partial charge on any atom is 0.142 e. The largest absolute Gasteiger partial charge is 0.492 e. The third kappa shape index (κ3) is 5.09. The number of ether oxygens (including phenoxy) is 1. The van der Waals surface area contributed by atoms with Crippen LogP contribution in [0.15, 0.2) is 18.2 Å². The van der Waals surface area contributed by atoms with E-state index in [-0.39, 0.29) is 0 Å². The summed E-state index contributed by atoms with van der Waals surface area (Å²) in [7, 11) is 0. The second-order valence-electron chi connectivity index (χ2n) is 4.52. The Morgan fingerprint density at radius 1 is 1.35 bits per heavy atom. The first-order valence-electron chi connectivity index (χ1n) is 6.38. The van der Waals surface area contributed by atoms with Crippen molar-refractivity contribution < 1.29 is 4.74 Å². The average molecular weight is 236 g/mol. The van der Waals surface area contributed by atoms with Crippen LogP contribution >= 0.6 is 0 Å². The monoisotopic (exact) mass is 236 g/mol. The van der Waals surface area contributed by atoms with Gasteiger partial charge in [-0.1, -0.05) is 19.9 Å². The molecule has 0 aromatic heterocycles. The van der Waals surface area contributed by atoms with Crippen molar-refractivity contribution in [1.29, 1.82) is 0 Å². The number of nitrogen functional groups attached to an aromatic ring is 1. The fraction of sp³-hybridized carbons (Fsp3) is 0.571. The van der Waals surface area contributed by atoms with Crippen LogP contribution in [0.5, 0.6) is 5.75 Å². The van der Waals surface area contributed by atoms with Crippen LogP contribution in [0, 0.1) is 0 Å². The Kier molecular flexibility index (Phi) is 5.84. The summed E-state index contributed by atoms with van der Waals surface area (Å²) in [5.74, 6) is 0.788. The van der Waals surface area contributed by atoms with Crippen LogP contribution in [0.2, 0.25) is 0 Å². The Labute approximate surface area is 104 Å². The second-order valence-corrected chi connectivity index (χ2v) is 4.52. The molecule has 0 fully saturated rings. The molecular formula is C14H24N2O. The zero-order valence-electron chi connectivity index (χ0n) is 11.1. The first-order chi connectivity index (χ1) is 8.13. The summed E-state index contributed by atoms with van der Waals surface area (Å²) >= 11 is 0. The minimum Gasteiger partial charge on any atom is -0.492 e. The standard InChI is InChI=1S/C14H24N2O/c1-4-17-14-8-7-12(10-13(14)15)6-5-9-16-11(2)3/h7-8,10-11,16H,4-6,9,15H2,1-3H3. The zero-order valence-corrected chi connectivity index (χ0v) is 11.1. The molecule has 17 heavy (non-hydrogen) atoms. The molecule has 3 heteroatoms. The van der Waals surface area contributed by atoms with Crippen molar-refractivity contribution in [3.05, 3.63) is 23.8 Å². The molecule has 0 aliphatic rings. The van der Waals surface area contributed by atoms with Crippen molar-refractivity contribution >= 4 is 5.69 Å². The predicted octanol–water partition coefficient (Wildman–Crippen LogP) is 2.60. The van der Waals surface area contributed by atoms with E-state index >= 15 is 0 Å². The molecule has 0 spiro atoms. The molecule has 0 aliphatic carbocycles. The highest BCUT2D eigenvalue weighted by Crippen LogP contribution is 2.22. The molecule has 3 N–H and O–H groups in total. The molecule has 0 saturated heterocycles. The highest BCUT2D eigenvalue weighted by atomic mass is 16.5. The van der Waals surface area contributed by atoms with Crippen LogP contribution < -0.4 is 15.8 Å². The zero-order chi connectivity index (χ0) is 12.7. The van der Waals surface area contributed by atoms with E-state index in [0.29, 0.717) is 12.6 Å². The summed E-state index contributed by atoms with van der Waals surface area (Å²) in [4.78, 5) is 0. The van der Waals surface area contributed by atoms with Gasteiger partial charge in [-0.25, -0.2) is 0 Å². The molecule has 0 bridgehead atoms. The second kappa shape index (κ2) is 7.17. The molecule has 1 aromatic rings. The molecule has 3 nitrogen and oxygen atoms in total. The molecule has 0 unspecified atom stereocenters.